The first kappa shape index (κ1) is 13.9. The van der Waals surface area contributed by atoms with E-state index >= 15 is 0 Å². The van der Waals surface area contributed by atoms with E-state index in [4.69, 9.17) is 5.11 Å². The predicted molar refractivity (Wildman–Crippen MR) is 72.6 cm³/mol. The Balaban J connectivity index is 1.69. The van der Waals surface area contributed by atoms with Gasteiger partial charge in [-0.3, -0.25) is 4.79 Å². The van der Waals surface area contributed by atoms with Crippen molar-refractivity contribution in [1.29, 1.82) is 0 Å². The first-order chi connectivity index (χ1) is 10.7. The highest BCUT2D eigenvalue weighted by Crippen LogP contribution is 2.28. The SMILES string of the molecule is O=C(O)CC1(CCn2nnc(-c3ccccc3)n2)N=NN=N1. The van der Waals surface area contributed by atoms with Gasteiger partial charge in [-0.15, -0.1) is 20.4 Å². The highest BCUT2D eigenvalue weighted by molar-refractivity contribution is 5.68. The topological polar surface area (TPSA) is 130 Å². The van der Waals surface area contributed by atoms with E-state index in [1.54, 1.807) is 0 Å². The van der Waals surface area contributed by atoms with Crippen molar-refractivity contribution in [2.24, 2.45) is 20.7 Å². The maximum atomic E-state index is 10.9. The van der Waals surface area contributed by atoms with E-state index in [2.05, 4.69) is 36.1 Å². The summed E-state index contributed by atoms with van der Waals surface area (Å²) in [6.45, 7) is 0.311. The summed E-state index contributed by atoms with van der Waals surface area (Å²) in [5.41, 5.74) is -0.318. The van der Waals surface area contributed by atoms with Gasteiger partial charge in [-0.1, -0.05) is 30.3 Å². The average molecular weight is 300 g/mol. The van der Waals surface area contributed by atoms with Gasteiger partial charge in [0.1, 0.15) is 0 Å². The Hall–Kier alpha value is -3.04. The molecular formula is C12H12N8O2. The maximum absolute atomic E-state index is 10.9. The molecule has 1 aromatic heterocycles. The first-order valence-corrected chi connectivity index (χ1v) is 6.56. The first-order valence-electron chi connectivity index (χ1n) is 6.56. The maximum Gasteiger partial charge on any atom is 0.307 e. The number of nitrogens with zero attached hydrogens (tertiary/aromatic N) is 8. The number of carboxylic acid groups (broad SMARTS) is 1. The Morgan fingerprint density at radius 2 is 1.91 bits per heavy atom. The third-order valence-corrected chi connectivity index (χ3v) is 3.13. The molecule has 0 saturated heterocycles. The molecule has 0 radical (unpaired) electrons. The average Bonchev–Trinajstić information content (AvgIpc) is 3.15. The third-order valence-electron chi connectivity index (χ3n) is 3.13. The molecule has 0 fully saturated rings. The lowest BCUT2D eigenvalue weighted by Gasteiger charge is -2.16. The highest BCUT2D eigenvalue weighted by atomic mass is 16.4. The molecule has 0 unspecified atom stereocenters. The molecule has 112 valence electrons. The van der Waals surface area contributed by atoms with E-state index in [1.807, 2.05) is 30.3 Å². The summed E-state index contributed by atoms with van der Waals surface area (Å²) in [5.74, 6) is -0.515. The molecule has 1 aromatic carbocycles. The normalized spacial score (nSPS) is 15.3. The van der Waals surface area contributed by atoms with Gasteiger partial charge >= 0.3 is 5.97 Å². The minimum atomic E-state index is -1.17. The fourth-order valence-corrected chi connectivity index (χ4v) is 2.05. The standard InChI is InChI=1S/C12H12N8O2/c21-10(22)8-12(15-17-18-16-12)6-7-20-14-11(13-19-20)9-4-2-1-3-5-9/h1-5H,6-8H2,(H,21,22). The number of hydrogen-bond donors (Lipinski definition) is 1. The van der Waals surface area contributed by atoms with Gasteiger partial charge in [-0.2, -0.15) is 4.80 Å². The number of carbonyl (C=O) groups is 1. The van der Waals surface area contributed by atoms with Crippen molar-refractivity contribution < 1.29 is 9.90 Å². The molecule has 0 bridgehead atoms. The second kappa shape index (κ2) is 5.76. The lowest BCUT2D eigenvalue weighted by Crippen LogP contribution is -2.27. The summed E-state index contributed by atoms with van der Waals surface area (Å²) in [6, 6.07) is 9.44. The molecule has 1 N–H and O–H groups in total. The minimum Gasteiger partial charge on any atom is -0.481 e. The van der Waals surface area contributed by atoms with Gasteiger partial charge in [0.05, 0.1) is 13.0 Å². The Bertz CT molecular complexity index is 712. The summed E-state index contributed by atoms with van der Waals surface area (Å²) in [7, 11) is 0. The smallest absolute Gasteiger partial charge is 0.307 e. The van der Waals surface area contributed by atoms with Crippen molar-refractivity contribution in [3.05, 3.63) is 30.3 Å². The van der Waals surface area contributed by atoms with Crippen LogP contribution >= 0.6 is 0 Å². The number of aryl methyl sites for hydroxylation is 1. The van der Waals surface area contributed by atoms with Crippen LogP contribution in [0.3, 0.4) is 0 Å². The van der Waals surface area contributed by atoms with Gasteiger partial charge in [0.25, 0.3) is 0 Å². The van der Waals surface area contributed by atoms with Gasteiger partial charge in [0.15, 0.2) is 0 Å². The Kier molecular flexibility index (Phi) is 3.64. The van der Waals surface area contributed by atoms with Crippen LogP contribution in [0.25, 0.3) is 11.4 Å². The molecule has 10 nitrogen and oxygen atoms in total. The summed E-state index contributed by atoms with van der Waals surface area (Å²) in [4.78, 5) is 12.3. The van der Waals surface area contributed by atoms with Crippen LogP contribution in [0, 0.1) is 0 Å². The Morgan fingerprint density at radius 3 is 2.59 bits per heavy atom. The highest BCUT2D eigenvalue weighted by Gasteiger charge is 2.36. The fraction of sp³-hybridized carbons (Fsp3) is 0.333. The van der Waals surface area contributed by atoms with Crippen molar-refractivity contribution >= 4 is 5.97 Å². The van der Waals surface area contributed by atoms with E-state index in [0.29, 0.717) is 12.4 Å². The van der Waals surface area contributed by atoms with Crippen LogP contribution in [-0.4, -0.2) is 36.9 Å². The van der Waals surface area contributed by atoms with Crippen LogP contribution in [0.2, 0.25) is 0 Å². The quantitative estimate of drug-likeness (QED) is 0.868. The molecule has 3 rings (SSSR count). The molecule has 22 heavy (non-hydrogen) atoms. The van der Waals surface area contributed by atoms with Crippen LogP contribution in [0.5, 0.6) is 0 Å². The molecule has 2 heterocycles. The van der Waals surface area contributed by atoms with Crippen LogP contribution in [0.15, 0.2) is 51.0 Å². The van der Waals surface area contributed by atoms with Crippen LogP contribution in [0.1, 0.15) is 12.8 Å². The minimum absolute atomic E-state index is 0.275. The molecule has 0 aliphatic carbocycles. The number of carboxylic acids is 1. The van der Waals surface area contributed by atoms with Crippen LogP contribution < -0.4 is 0 Å². The summed E-state index contributed by atoms with van der Waals surface area (Å²) >= 11 is 0. The van der Waals surface area contributed by atoms with Gasteiger partial charge in [0, 0.05) is 12.0 Å². The Morgan fingerprint density at radius 1 is 1.18 bits per heavy atom. The molecule has 0 amide bonds. The fourth-order valence-electron chi connectivity index (χ4n) is 2.05. The van der Waals surface area contributed by atoms with Crippen molar-refractivity contribution in [1.82, 2.24) is 20.2 Å². The number of tetrazole rings is 1. The zero-order valence-corrected chi connectivity index (χ0v) is 11.4. The molecule has 0 spiro atoms. The van der Waals surface area contributed by atoms with Crippen LogP contribution in [0.4, 0.5) is 0 Å². The number of benzene rings is 1. The van der Waals surface area contributed by atoms with Crippen molar-refractivity contribution in [2.45, 2.75) is 25.0 Å². The molecule has 0 saturated carbocycles. The Labute approximate surface area is 124 Å². The molecular weight excluding hydrogens is 288 g/mol. The van der Waals surface area contributed by atoms with Crippen LogP contribution in [-0.2, 0) is 11.3 Å². The lowest BCUT2D eigenvalue weighted by atomic mass is 10.0. The number of rotatable bonds is 6. The number of aromatic nitrogens is 4. The van der Waals surface area contributed by atoms with Gasteiger partial charge in [-0.25, -0.2) is 0 Å². The lowest BCUT2D eigenvalue weighted by molar-refractivity contribution is -0.138. The van der Waals surface area contributed by atoms with Gasteiger partial charge in [0.2, 0.25) is 11.5 Å². The zero-order chi connectivity index (χ0) is 15.4. The van der Waals surface area contributed by atoms with E-state index in [0.717, 1.165) is 5.56 Å². The van der Waals surface area contributed by atoms with E-state index in [-0.39, 0.29) is 12.8 Å². The molecule has 0 atom stereocenters. The van der Waals surface area contributed by atoms with E-state index in [9.17, 15) is 4.79 Å². The molecule has 2 aromatic rings. The second-order valence-electron chi connectivity index (χ2n) is 4.76. The number of aliphatic carboxylic acids is 1. The zero-order valence-electron chi connectivity index (χ0n) is 11.4. The number of hydrogen-bond acceptors (Lipinski definition) is 8. The van der Waals surface area contributed by atoms with Crippen molar-refractivity contribution in [2.75, 3.05) is 0 Å². The van der Waals surface area contributed by atoms with E-state index < -0.39 is 11.6 Å². The monoisotopic (exact) mass is 300 g/mol. The van der Waals surface area contributed by atoms with Gasteiger partial charge in [-0.05, 0) is 15.7 Å². The second-order valence-corrected chi connectivity index (χ2v) is 4.76. The largest absolute Gasteiger partial charge is 0.481 e. The summed E-state index contributed by atoms with van der Waals surface area (Å²) < 4.78 is 0. The molecule has 1 aliphatic heterocycles. The predicted octanol–water partition coefficient (Wildman–Crippen LogP) is 1.73. The van der Waals surface area contributed by atoms with E-state index in [1.165, 1.54) is 4.80 Å². The van der Waals surface area contributed by atoms with Crippen molar-refractivity contribution in [3.8, 4) is 11.4 Å². The summed E-state index contributed by atoms with van der Waals surface area (Å²) in [6.07, 6.45) is -0.00285. The molecule has 10 heteroatoms. The van der Waals surface area contributed by atoms with Gasteiger partial charge < -0.3 is 5.11 Å². The molecule has 1 aliphatic rings. The summed E-state index contributed by atoms with van der Waals surface area (Å²) in [5, 5.41) is 35.5. The van der Waals surface area contributed by atoms with Crippen molar-refractivity contribution in [3.63, 3.8) is 0 Å². The third kappa shape index (κ3) is 3.00.